The Balaban J connectivity index is 2.44. The third-order valence-corrected chi connectivity index (χ3v) is 4.16. The number of aryl methyl sites for hydroxylation is 1. The van der Waals surface area contributed by atoms with E-state index in [0.717, 1.165) is 31.4 Å². The zero-order valence-corrected chi connectivity index (χ0v) is 16.4. The van der Waals surface area contributed by atoms with Crippen LogP contribution in [0.15, 0.2) is 53.1 Å². The van der Waals surface area contributed by atoms with Gasteiger partial charge in [0.2, 0.25) is 0 Å². The molecule has 0 heterocycles. The number of hydrogen-bond acceptors (Lipinski definition) is 1. The van der Waals surface area contributed by atoms with Gasteiger partial charge in [-0.15, -0.1) is 0 Å². The quantitative estimate of drug-likeness (QED) is 0.445. The molecule has 0 saturated carbocycles. The van der Waals surface area contributed by atoms with E-state index in [9.17, 15) is 0 Å². The topological polar surface area (TPSA) is 9.23 Å². The van der Waals surface area contributed by atoms with E-state index < -0.39 is 0 Å². The molecule has 0 bridgehead atoms. The van der Waals surface area contributed by atoms with Crippen molar-refractivity contribution in [1.29, 1.82) is 0 Å². The molecule has 1 heteroatoms. The first-order chi connectivity index (χ1) is 11.4. The standard InChI is InChI=1S/C23H34O/c1-18(2)9-7-10-19(3)11-8-12-20(4)13-14-22-15-21(5)16-23(17-22)24-6/h9,11,13,15-17H,7-8,10,12,14H2,1-6H3/b19-11+,20-13+. The van der Waals surface area contributed by atoms with Crippen LogP contribution in [-0.2, 0) is 6.42 Å². The molecule has 0 aliphatic carbocycles. The molecule has 24 heavy (non-hydrogen) atoms. The van der Waals surface area contributed by atoms with E-state index >= 15 is 0 Å². The number of hydrogen-bond donors (Lipinski definition) is 0. The van der Waals surface area contributed by atoms with Crippen LogP contribution in [0.3, 0.4) is 0 Å². The van der Waals surface area contributed by atoms with Crippen LogP contribution in [0.25, 0.3) is 0 Å². The molecule has 0 aliphatic rings. The van der Waals surface area contributed by atoms with Crippen molar-refractivity contribution >= 4 is 0 Å². The fraction of sp³-hybridized carbons (Fsp3) is 0.478. The summed E-state index contributed by atoms with van der Waals surface area (Å²) in [5.41, 5.74) is 6.95. The first-order valence-electron chi connectivity index (χ1n) is 9.00. The van der Waals surface area contributed by atoms with Crippen LogP contribution in [0.4, 0.5) is 0 Å². The van der Waals surface area contributed by atoms with Gasteiger partial charge < -0.3 is 4.74 Å². The Morgan fingerprint density at radius 1 is 0.875 bits per heavy atom. The van der Waals surface area contributed by atoms with E-state index in [1.54, 1.807) is 7.11 Å². The summed E-state index contributed by atoms with van der Waals surface area (Å²) in [7, 11) is 1.73. The van der Waals surface area contributed by atoms with Gasteiger partial charge >= 0.3 is 0 Å². The number of ether oxygens (including phenoxy) is 1. The Hall–Kier alpha value is -1.76. The second kappa shape index (κ2) is 10.9. The molecular formula is C23H34O. The number of methoxy groups -OCH3 is 1. The van der Waals surface area contributed by atoms with Gasteiger partial charge in [0.25, 0.3) is 0 Å². The third-order valence-electron chi connectivity index (χ3n) is 4.16. The highest BCUT2D eigenvalue weighted by Gasteiger charge is 1.98. The van der Waals surface area contributed by atoms with E-state index in [1.165, 1.54) is 34.3 Å². The zero-order valence-electron chi connectivity index (χ0n) is 16.4. The number of benzene rings is 1. The maximum absolute atomic E-state index is 5.35. The SMILES string of the molecule is COc1cc(C)cc(C/C=C(\C)CC/C=C(\C)CCC=C(C)C)c1. The van der Waals surface area contributed by atoms with Crippen molar-refractivity contribution in [2.24, 2.45) is 0 Å². The highest BCUT2D eigenvalue weighted by molar-refractivity contribution is 5.35. The lowest BCUT2D eigenvalue weighted by atomic mass is 10.0. The molecule has 0 fully saturated rings. The van der Waals surface area contributed by atoms with Crippen LogP contribution in [0.5, 0.6) is 5.75 Å². The number of rotatable bonds is 9. The Bertz CT molecular complexity index is 598. The largest absolute Gasteiger partial charge is 0.497 e. The second-order valence-corrected chi connectivity index (χ2v) is 7.02. The molecule has 1 aromatic carbocycles. The van der Waals surface area contributed by atoms with Crippen molar-refractivity contribution in [3.63, 3.8) is 0 Å². The monoisotopic (exact) mass is 326 g/mol. The lowest BCUT2D eigenvalue weighted by molar-refractivity contribution is 0.414. The maximum Gasteiger partial charge on any atom is 0.119 e. The summed E-state index contributed by atoms with van der Waals surface area (Å²) < 4.78 is 5.35. The molecule has 0 aromatic heterocycles. The summed E-state index contributed by atoms with van der Waals surface area (Å²) in [6.45, 7) is 10.9. The lowest BCUT2D eigenvalue weighted by Crippen LogP contribution is -1.89. The Morgan fingerprint density at radius 2 is 1.50 bits per heavy atom. The predicted octanol–water partition coefficient (Wildman–Crippen LogP) is 6.97. The Morgan fingerprint density at radius 3 is 2.12 bits per heavy atom. The van der Waals surface area contributed by atoms with E-state index in [0.29, 0.717) is 0 Å². The van der Waals surface area contributed by atoms with Gasteiger partial charge in [0.05, 0.1) is 7.11 Å². The van der Waals surface area contributed by atoms with E-state index in [-0.39, 0.29) is 0 Å². The molecule has 0 atom stereocenters. The zero-order chi connectivity index (χ0) is 17.9. The summed E-state index contributed by atoms with van der Waals surface area (Å²) in [5, 5.41) is 0. The molecule has 0 spiro atoms. The Labute approximate surface area is 149 Å². The third kappa shape index (κ3) is 8.76. The van der Waals surface area contributed by atoms with Crippen molar-refractivity contribution in [3.8, 4) is 5.75 Å². The highest BCUT2D eigenvalue weighted by Crippen LogP contribution is 2.18. The van der Waals surface area contributed by atoms with Crippen molar-refractivity contribution in [2.45, 2.75) is 66.7 Å². The summed E-state index contributed by atoms with van der Waals surface area (Å²) in [4.78, 5) is 0. The molecule has 0 unspecified atom stereocenters. The van der Waals surface area contributed by atoms with Crippen molar-refractivity contribution in [2.75, 3.05) is 7.11 Å². The fourth-order valence-electron chi connectivity index (χ4n) is 2.69. The first kappa shape index (κ1) is 20.3. The normalized spacial score (nSPS) is 12.2. The molecule has 0 saturated heterocycles. The summed E-state index contributed by atoms with van der Waals surface area (Å²) in [5.74, 6) is 0.950. The van der Waals surface area contributed by atoms with Gasteiger partial charge in [-0.2, -0.15) is 0 Å². The molecule has 0 amide bonds. The first-order valence-corrected chi connectivity index (χ1v) is 9.00. The van der Waals surface area contributed by atoms with E-state index in [1.807, 2.05) is 0 Å². The molecule has 1 rings (SSSR count). The molecule has 0 radical (unpaired) electrons. The molecular weight excluding hydrogens is 292 g/mol. The van der Waals surface area contributed by atoms with Gasteiger partial charge in [-0.3, -0.25) is 0 Å². The highest BCUT2D eigenvalue weighted by atomic mass is 16.5. The number of allylic oxidation sites excluding steroid dienone is 6. The lowest BCUT2D eigenvalue weighted by Gasteiger charge is -2.06. The van der Waals surface area contributed by atoms with Crippen LogP contribution in [-0.4, -0.2) is 7.11 Å². The average molecular weight is 327 g/mol. The van der Waals surface area contributed by atoms with Crippen LogP contribution in [0.1, 0.15) is 64.5 Å². The van der Waals surface area contributed by atoms with Crippen LogP contribution in [0.2, 0.25) is 0 Å². The van der Waals surface area contributed by atoms with Crippen LogP contribution < -0.4 is 4.74 Å². The van der Waals surface area contributed by atoms with Gasteiger partial charge in [-0.05, 0) is 90.0 Å². The maximum atomic E-state index is 5.35. The molecule has 0 N–H and O–H groups in total. The smallest absolute Gasteiger partial charge is 0.119 e. The van der Waals surface area contributed by atoms with Crippen LogP contribution in [0, 0.1) is 6.92 Å². The van der Waals surface area contributed by atoms with Gasteiger partial charge in [0, 0.05) is 0 Å². The average Bonchev–Trinajstić information content (AvgIpc) is 2.52. The molecule has 1 aromatic rings. The fourth-order valence-corrected chi connectivity index (χ4v) is 2.69. The summed E-state index contributed by atoms with van der Waals surface area (Å²) in [6, 6.07) is 6.44. The van der Waals surface area contributed by atoms with E-state index in [4.69, 9.17) is 4.74 Å². The van der Waals surface area contributed by atoms with Gasteiger partial charge in [0.1, 0.15) is 5.75 Å². The molecule has 132 valence electrons. The minimum absolute atomic E-state index is 0.950. The summed E-state index contributed by atoms with van der Waals surface area (Å²) >= 11 is 0. The van der Waals surface area contributed by atoms with Gasteiger partial charge in [-0.1, -0.05) is 41.0 Å². The van der Waals surface area contributed by atoms with Crippen molar-refractivity contribution in [1.82, 2.24) is 0 Å². The molecule has 0 aliphatic heterocycles. The van der Waals surface area contributed by atoms with Crippen molar-refractivity contribution in [3.05, 3.63) is 64.3 Å². The van der Waals surface area contributed by atoms with Crippen molar-refractivity contribution < 1.29 is 4.74 Å². The minimum atomic E-state index is 0.950. The summed E-state index contributed by atoms with van der Waals surface area (Å²) in [6.07, 6.45) is 12.7. The van der Waals surface area contributed by atoms with Gasteiger partial charge in [0.15, 0.2) is 0 Å². The minimum Gasteiger partial charge on any atom is -0.497 e. The van der Waals surface area contributed by atoms with Gasteiger partial charge in [-0.25, -0.2) is 0 Å². The Kier molecular flexibility index (Phi) is 9.22. The second-order valence-electron chi connectivity index (χ2n) is 7.02. The molecule has 1 nitrogen and oxygen atoms in total. The predicted molar refractivity (Wildman–Crippen MR) is 107 cm³/mol. The van der Waals surface area contributed by atoms with E-state index in [2.05, 4.69) is 71.0 Å². The van der Waals surface area contributed by atoms with Crippen LogP contribution >= 0.6 is 0 Å².